The first-order chi connectivity index (χ1) is 16.8. The Labute approximate surface area is 207 Å². The van der Waals surface area contributed by atoms with E-state index < -0.39 is 0 Å². The molecular formula is C23H36N10O2. The third-order valence-corrected chi connectivity index (χ3v) is 6.47. The second kappa shape index (κ2) is 10.4. The van der Waals surface area contributed by atoms with Crippen molar-refractivity contribution in [2.75, 3.05) is 50.0 Å². The number of hydrogen-bond donors (Lipinski definition) is 1. The summed E-state index contributed by atoms with van der Waals surface area (Å²) < 4.78 is 2.03. The van der Waals surface area contributed by atoms with Crippen LogP contribution in [0.4, 0.5) is 16.7 Å². The SMILES string of the molecule is C=CC(=O)N1CCN(Cn2cnc([C@H](C)Nc3nc(C)nc(N4C(=O)N(C)C[C@@H]4CC)n3)c2)CC1.[HH]. The number of rotatable bonds is 8. The molecular weight excluding hydrogens is 448 g/mol. The van der Waals surface area contributed by atoms with Crippen molar-refractivity contribution < 1.29 is 11.0 Å². The lowest BCUT2D eigenvalue weighted by atomic mass is 10.2. The lowest BCUT2D eigenvalue weighted by molar-refractivity contribution is -0.127. The third kappa shape index (κ3) is 5.42. The maximum atomic E-state index is 12.7. The first-order valence-electron chi connectivity index (χ1n) is 12.0. The van der Waals surface area contributed by atoms with E-state index >= 15 is 0 Å². The highest BCUT2D eigenvalue weighted by atomic mass is 16.2. The molecule has 4 rings (SSSR count). The summed E-state index contributed by atoms with van der Waals surface area (Å²) in [5.74, 6) is 1.31. The maximum absolute atomic E-state index is 12.7. The Kier molecular flexibility index (Phi) is 7.29. The summed E-state index contributed by atoms with van der Waals surface area (Å²) in [5.41, 5.74) is 0.855. The van der Waals surface area contributed by atoms with Gasteiger partial charge in [-0.3, -0.25) is 14.6 Å². The summed E-state index contributed by atoms with van der Waals surface area (Å²) in [6.45, 7) is 13.7. The quantitative estimate of drug-likeness (QED) is 0.564. The van der Waals surface area contributed by atoms with Crippen LogP contribution in [0.15, 0.2) is 25.2 Å². The fourth-order valence-electron chi connectivity index (χ4n) is 4.43. The second-order valence-corrected chi connectivity index (χ2v) is 9.07. The van der Waals surface area contributed by atoms with Crippen molar-refractivity contribution in [3.8, 4) is 0 Å². The molecule has 0 radical (unpaired) electrons. The zero-order chi connectivity index (χ0) is 25.1. The molecule has 2 aromatic rings. The number of carbonyl (C=O) groups excluding carboxylic acids is 2. The molecule has 2 atom stereocenters. The van der Waals surface area contributed by atoms with Gasteiger partial charge in [0.15, 0.2) is 0 Å². The third-order valence-electron chi connectivity index (χ3n) is 6.47. The smallest absolute Gasteiger partial charge is 0.327 e. The standard InChI is InChI=1S/C23H34N10O2.H2/c1-6-18-12-29(5)23(35)33(18)22-27-17(4)26-21(28-22)25-16(3)19-13-31(14-24-19)15-30-8-10-32(11-9-30)20(34)7-2;/h7,13-14,16,18H,2,6,8-12,15H2,1,3-5H3,(H,25,26,27,28);1H/t16-,18-;/m0./s1. The molecule has 0 aliphatic carbocycles. The van der Waals surface area contributed by atoms with Gasteiger partial charge in [0.05, 0.1) is 30.8 Å². The van der Waals surface area contributed by atoms with Crippen molar-refractivity contribution in [2.45, 2.75) is 45.9 Å². The molecule has 12 nitrogen and oxygen atoms in total. The predicted molar refractivity (Wildman–Crippen MR) is 134 cm³/mol. The van der Waals surface area contributed by atoms with Crippen molar-refractivity contribution in [2.24, 2.45) is 0 Å². The Morgan fingerprint density at radius 1 is 1.29 bits per heavy atom. The molecule has 3 amide bonds. The number of urea groups is 1. The molecule has 190 valence electrons. The molecule has 0 spiro atoms. The first kappa shape index (κ1) is 24.6. The van der Waals surface area contributed by atoms with E-state index in [0.717, 1.165) is 25.2 Å². The maximum Gasteiger partial charge on any atom is 0.327 e. The van der Waals surface area contributed by atoms with Crippen LogP contribution >= 0.6 is 0 Å². The lowest BCUT2D eigenvalue weighted by Crippen LogP contribution is -2.48. The molecule has 35 heavy (non-hydrogen) atoms. The largest absolute Gasteiger partial charge is 0.346 e. The molecule has 2 aliphatic heterocycles. The highest BCUT2D eigenvalue weighted by Crippen LogP contribution is 2.24. The minimum absolute atomic E-state index is 0. The van der Waals surface area contributed by atoms with E-state index in [1.54, 1.807) is 23.8 Å². The van der Waals surface area contributed by atoms with Crippen LogP contribution < -0.4 is 10.2 Å². The highest BCUT2D eigenvalue weighted by Gasteiger charge is 2.37. The second-order valence-electron chi connectivity index (χ2n) is 9.07. The Balaban J connectivity index is 0.00000361. The number of amides is 3. The van der Waals surface area contributed by atoms with Crippen molar-refractivity contribution >= 4 is 23.8 Å². The molecule has 12 heteroatoms. The summed E-state index contributed by atoms with van der Waals surface area (Å²) in [7, 11) is 1.79. The summed E-state index contributed by atoms with van der Waals surface area (Å²) in [6, 6.07) is -0.214. The number of likely N-dealkylation sites (N-methyl/N-ethyl adjacent to an activating group) is 1. The molecule has 0 unspecified atom stereocenters. The molecule has 0 bridgehead atoms. The van der Waals surface area contributed by atoms with E-state index in [2.05, 4.69) is 43.7 Å². The van der Waals surface area contributed by atoms with Gasteiger partial charge < -0.3 is 19.7 Å². The molecule has 0 aromatic carbocycles. The monoisotopic (exact) mass is 484 g/mol. The summed E-state index contributed by atoms with van der Waals surface area (Å²) >= 11 is 0. The number of nitrogens with one attached hydrogen (secondary N) is 1. The fourth-order valence-corrected chi connectivity index (χ4v) is 4.43. The van der Waals surface area contributed by atoms with E-state index in [1.165, 1.54) is 6.08 Å². The molecule has 2 aliphatic rings. The van der Waals surface area contributed by atoms with Crippen LogP contribution in [-0.2, 0) is 11.5 Å². The van der Waals surface area contributed by atoms with Gasteiger partial charge in [-0.25, -0.2) is 9.78 Å². The van der Waals surface area contributed by atoms with Gasteiger partial charge in [-0.15, -0.1) is 0 Å². The van der Waals surface area contributed by atoms with Gasteiger partial charge in [-0.1, -0.05) is 13.5 Å². The van der Waals surface area contributed by atoms with E-state index in [4.69, 9.17) is 0 Å². The number of aryl methyl sites for hydroxylation is 1. The summed E-state index contributed by atoms with van der Waals surface area (Å²) in [6.07, 6.45) is 5.99. The van der Waals surface area contributed by atoms with Crippen LogP contribution in [0.3, 0.4) is 0 Å². The van der Waals surface area contributed by atoms with Gasteiger partial charge in [-0.05, 0) is 26.3 Å². The number of nitrogens with zero attached hydrogens (tertiary/aromatic N) is 9. The number of anilines is 2. The lowest BCUT2D eigenvalue weighted by Gasteiger charge is -2.34. The van der Waals surface area contributed by atoms with Gasteiger partial charge >= 0.3 is 6.03 Å². The Morgan fingerprint density at radius 2 is 2.03 bits per heavy atom. The summed E-state index contributed by atoms with van der Waals surface area (Å²) in [4.78, 5) is 49.8. The van der Waals surface area contributed by atoms with Crippen LogP contribution in [0.1, 0.15) is 39.3 Å². The average Bonchev–Trinajstić information content (AvgIpc) is 3.42. The molecule has 2 fully saturated rings. The van der Waals surface area contributed by atoms with Gasteiger partial charge in [0, 0.05) is 47.4 Å². The molecule has 2 saturated heterocycles. The van der Waals surface area contributed by atoms with Crippen LogP contribution in [0.25, 0.3) is 0 Å². The van der Waals surface area contributed by atoms with Gasteiger partial charge in [0.1, 0.15) is 5.82 Å². The van der Waals surface area contributed by atoms with Gasteiger partial charge in [-0.2, -0.15) is 15.0 Å². The fraction of sp³-hybridized carbons (Fsp3) is 0.565. The van der Waals surface area contributed by atoms with Crippen molar-refractivity contribution in [1.82, 2.24) is 39.2 Å². The van der Waals surface area contributed by atoms with Gasteiger partial charge in [0.2, 0.25) is 17.8 Å². The number of piperazine rings is 1. The normalized spacial score (nSPS) is 19.8. The Hall–Kier alpha value is -3.54. The Bertz CT molecular complexity index is 1080. The zero-order valence-electron chi connectivity index (χ0n) is 20.9. The number of hydrogen-bond acceptors (Lipinski definition) is 8. The zero-order valence-corrected chi connectivity index (χ0v) is 20.9. The molecule has 4 heterocycles. The number of carbonyl (C=O) groups is 2. The molecule has 1 N–H and O–H groups in total. The summed E-state index contributed by atoms with van der Waals surface area (Å²) in [5, 5.41) is 3.31. The van der Waals surface area contributed by atoms with Crippen molar-refractivity contribution in [3.63, 3.8) is 0 Å². The Morgan fingerprint density at radius 3 is 2.71 bits per heavy atom. The van der Waals surface area contributed by atoms with Crippen LogP contribution in [0, 0.1) is 6.92 Å². The minimum atomic E-state index is -0.146. The number of imidazole rings is 1. The van der Waals surface area contributed by atoms with Crippen molar-refractivity contribution in [3.05, 3.63) is 36.7 Å². The highest BCUT2D eigenvalue weighted by molar-refractivity contribution is 5.93. The van der Waals surface area contributed by atoms with Crippen LogP contribution in [0.2, 0.25) is 0 Å². The topological polar surface area (TPSA) is 116 Å². The van der Waals surface area contributed by atoms with E-state index in [9.17, 15) is 9.59 Å². The van der Waals surface area contributed by atoms with E-state index in [-0.39, 0.29) is 25.4 Å². The van der Waals surface area contributed by atoms with Gasteiger partial charge in [0.25, 0.3) is 0 Å². The van der Waals surface area contributed by atoms with Crippen LogP contribution in [0.5, 0.6) is 0 Å². The molecule has 2 aromatic heterocycles. The molecule has 0 saturated carbocycles. The average molecular weight is 485 g/mol. The van der Waals surface area contributed by atoms with Crippen LogP contribution in [-0.4, -0.2) is 97.0 Å². The predicted octanol–water partition coefficient (Wildman–Crippen LogP) is 1.73. The van der Waals surface area contributed by atoms with Crippen molar-refractivity contribution in [1.29, 1.82) is 0 Å². The number of aromatic nitrogens is 5. The van der Waals surface area contributed by atoms with E-state index in [0.29, 0.717) is 44.0 Å². The van der Waals surface area contributed by atoms with E-state index in [1.807, 2.05) is 28.9 Å². The minimum Gasteiger partial charge on any atom is -0.346 e. The first-order valence-corrected chi connectivity index (χ1v) is 12.0.